The molecule has 0 bridgehead atoms. The highest BCUT2D eigenvalue weighted by Gasteiger charge is 2.19. The Morgan fingerprint density at radius 2 is 1.69 bits per heavy atom. The molecular formula is C23H28N4O2. The lowest BCUT2D eigenvalue weighted by Crippen LogP contribution is -2.36. The smallest absolute Gasteiger partial charge is 0.240 e. The van der Waals surface area contributed by atoms with Crippen LogP contribution in [0.2, 0.25) is 0 Å². The standard InChI is InChI=1S/C23H28N4O2/c1-16(13-14-19-9-5-4-6-10-19)24-22(29)15-27-21-12-8-7-11-20(21)26-23(27)17(2)25-18(3)28/h4-12,16-17H,13-15H2,1-3H3,(H,24,29)(H,25,28)/t16-,17+/m0/s1. The first-order valence-corrected chi connectivity index (χ1v) is 9.99. The van der Waals surface area contributed by atoms with Gasteiger partial charge in [0.2, 0.25) is 11.8 Å². The number of para-hydroxylation sites is 2. The number of nitrogens with one attached hydrogen (secondary N) is 2. The van der Waals surface area contributed by atoms with Crippen molar-refractivity contribution < 1.29 is 9.59 Å². The summed E-state index contributed by atoms with van der Waals surface area (Å²) in [4.78, 5) is 28.9. The Morgan fingerprint density at radius 3 is 2.41 bits per heavy atom. The van der Waals surface area contributed by atoms with Crippen LogP contribution in [0.15, 0.2) is 54.6 Å². The van der Waals surface area contributed by atoms with E-state index < -0.39 is 0 Å². The molecule has 0 aliphatic carbocycles. The van der Waals surface area contributed by atoms with Gasteiger partial charge in [0, 0.05) is 13.0 Å². The fourth-order valence-electron chi connectivity index (χ4n) is 3.52. The van der Waals surface area contributed by atoms with Crippen LogP contribution in [0.25, 0.3) is 11.0 Å². The number of rotatable bonds is 8. The number of aryl methyl sites for hydroxylation is 1. The molecule has 0 saturated carbocycles. The Kier molecular flexibility index (Phi) is 6.65. The van der Waals surface area contributed by atoms with E-state index >= 15 is 0 Å². The molecule has 152 valence electrons. The van der Waals surface area contributed by atoms with Crippen LogP contribution < -0.4 is 10.6 Å². The predicted octanol–water partition coefficient (Wildman–Crippen LogP) is 3.37. The molecule has 0 unspecified atom stereocenters. The molecule has 29 heavy (non-hydrogen) atoms. The van der Waals surface area contributed by atoms with Crippen LogP contribution in [0.1, 0.15) is 44.6 Å². The largest absolute Gasteiger partial charge is 0.352 e. The van der Waals surface area contributed by atoms with E-state index in [0.717, 1.165) is 23.9 Å². The summed E-state index contributed by atoms with van der Waals surface area (Å²) in [5, 5.41) is 5.94. The number of carbonyl (C=O) groups excluding carboxylic acids is 2. The van der Waals surface area contributed by atoms with Crippen LogP contribution >= 0.6 is 0 Å². The Morgan fingerprint density at radius 1 is 1.00 bits per heavy atom. The molecule has 0 spiro atoms. The number of amides is 2. The molecule has 2 amide bonds. The average Bonchev–Trinajstić information content (AvgIpc) is 3.05. The van der Waals surface area contributed by atoms with Crippen molar-refractivity contribution >= 4 is 22.8 Å². The summed E-state index contributed by atoms with van der Waals surface area (Å²) < 4.78 is 1.88. The number of hydrogen-bond acceptors (Lipinski definition) is 3. The molecule has 3 aromatic rings. The molecule has 0 aliphatic rings. The van der Waals surface area contributed by atoms with Gasteiger partial charge in [0.05, 0.1) is 17.1 Å². The van der Waals surface area contributed by atoms with Crippen LogP contribution in [0.5, 0.6) is 0 Å². The Hall–Kier alpha value is -3.15. The van der Waals surface area contributed by atoms with Crippen LogP contribution in [0.3, 0.4) is 0 Å². The Labute approximate surface area is 171 Å². The van der Waals surface area contributed by atoms with Crippen molar-refractivity contribution in [2.45, 2.75) is 52.2 Å². The van der Waals surface area contributed by atoms with Crippen molar-refractivity contribution in [3.8, 4) is 0 Å². The van der Waals surface area contributed by atoms with Crippen LogP contribution in [-0.4, -0.2) is 27.4 Å². The van der Waals surface area contributed by atoms with Gasteiger partial charge in [-0.05, 0) is 44.4 Å². The zero-order valence-corrected chi connectivity index (χ0v) is 17.2. The second-order valence-electron chi connectivity index (χ2n) is 7.46. The maximum absolute atomic E-state index is 12.7. The van der Waals surface area contributed by atoms with E-state index in [1.54, 1.807) is 0 Å². The first kappa shape index (κ1) is 20.6. The molecule has 0 saturated heterocycles. The van der Waals surface area contributed by atoms with E-state index in [1.807, 2.05) is 60.9 Å². The molecule has 0 fully saturated rings. The van der Waals surface area contributed by atoms with Gasteiger partial charge in [-0.1, -0.05) is 42.5 Å². The Balaban J connectivity index is 1.69. The summed E-state index contributed by atoms with van der Waals surface area (Å²) >= 11 is 0. The molecule has 6 nitrogen and oxygen atoms in total. The van der Waals surface area contributed by atoms with Gasteiger partial charge in [-0.25, -0.2) is 4.98 Å². The SMILES string of the molecule is CC(=O)N[C@H](C)c1nc2ccccc2n1CC(=O)N[C@@H](C)CCc1ccccc1. The van der Waals surface area contributed by atoms with Gasteiger partial charge in [0.1, 0.15) is 12.4 Å². The van der Waals surface area contributed by atoms with Gasteiger partial charge in [-0.2, -0.15) is 0 Å². The summed E-state index contributed by atoms with van der Waals surface area (Å²) in [5.41, 5.74) is 2.96. The summed E-state index contributed by atoms with van der Waals surface area (Å²) in [5.74, 6) is 0.480. The van der Waals surface area contributed by atoms with E-state index in [-0.39, 0.29) is 30.4 Å². The van der Waals surface area contributed by atoms with Crippen molar-refractivity contribution in [2.24, 2.45) is 0 Å². The minimum Gasteiger partial charge on any atom is -0.352 e. The molecule has 2 atom stereocenters. The number of imidazole rings is 1. The van der Waals surface area contributed by atoms with Crippen molar-refractivity contribution in [1.29, 1.82) is 0 Å². The van der Waals surface area contributed by atoms with Crippen molar-refractivity contribution in [3.63, 3.8) is 0 Å². The van der Waals surface area contributed by atoms with Crippen molar-refractivity contribution in [2.75, 3.05) is 0 Å². The molecule has 0 radical (unpaired) electrons. The lowest BCUT2D eigenvalue weighted by atomic mass is 10.1. The lowest BCUT2D eigenvalue weighted by molar-refractivity contribution is -0.122. The number of nitrogens with zero attached hydrogens (tertiary/aromatic N) is 2. The summed E-state index contributed by atoms with van der Waals surface area (Å²) in [6.07, 6.45) is 1.79. The number of benzene rings is 2. The monoisotopic (exact) mass is 392 g/mol. The third-order valence-corrected chi connectivity index (χ3v) is 4.91. The summed E-state index contributed by atoms with van der Waals surface area (Å²) in [6, 6.07) is 17.7. The molecule has 1 heterocycles. The predicted molar refractivity (Wildman–Crippen MR) is 114 cm³/mol. The van der Waals surface area contributed by atoms with Gasteiger partial charge in [-0.3, -0.25) is 9.59 Å². The van der Waals surface area contributed by atoms with Crippen molar-refractivity contribution in [3.05, 3.63) is 66.0 Å². The fraction of sp³-hybridized carbons (Fsp3) is 0.348. The third-order valence-electron chi connectivity index (χ3n) is 4.91. The average molecular weight is 393 g/mol. The molecule has 0 aliphatic heterocycles. The summed E-state index contributed by atoms with van der Waals surface area (Å²) in [7, 11) is 0. The lowest BCUT2D eigenvalue weighted by Gasteiger charge is -2.17. The van der Waals surface area contributed by atoms with Gasteiger partial charge < -0.3 is 15.2 Å². The number of fused-ring (bicyclic) bond motifs is 1. The van der Waals surface area contributed by atoms with Crippen molar-refractivity contribution in [1.82, 2.24) is 20.2 Å². The minimum absolute atomic E-state index is 0.0636. The normalized spacial score (nSPS) is 13.1. The number of carbonyl (C=O) groups is 2. The van der Waals surface area contributed by atoms with E-state index in [4.69, 9.17) is 0 Å². The molecular weight excluding hydrogens is 364 g/mol. The zero-order valence-electron chi connectivity index (χ0n) is 17.2. The molecule has 6 heteroatoms. The zero-order chi connectivity index (χ0) is 20.8. The first-order valence-electron chi connectivity index (χ1n) is 9.99. The second-order valence-corrected chi connectivity index (χ2v) is 7.46. The van der Waals surface area contributed by atoms with Crippen LogP contribution in [0, 0.1) is 0 Å². The van der Waals surface area contributed by atoms with Gasteiger partial charge >= 0.3 is 0 Å². The quantitative estimate of drug-likeness (QED) is 0.617. The highest BCUT2D eigenvalue weighted by atomic mass is 16.2. The van der Waals surface area contributed by atoms with Crippen LogP contribution in [-0.2, 0) is 22.6 Å². The van der Waals surface area contributed by atoms with E-state index in [9.17, 15) is 9.59 Å². The molecule has 1 aromatic heterocycles. The fourth-order valence-corrected chi connectivity index (χ4v) is 3.52. The van der Waals surface area contributed by atoms with E-state index in [1.165, 1.54) is 12.5 Å². The topological polar surface area (TPSA) is 76.0 Å². The van der Waals surface area contributed by atoms with Crippen LogP contribution in [0.4, 0.5) is 0 Å². The second kappa shape index (κ2) is 9.37. The maximum Gasteiger partial charge on any atom is 0.240 e. The first-order chi connectivity index (χ1) is 13.9. The van der Waals surface area contributed by atoms with Gasteiger partial charge in [0.15, 0.2) is 0 Å². The van der Waals surface area contributed by atoms with E-state index in [2.05, 4.69) is 27.8 Å². The Bertz CT molecular complexity index is 981. The third kappa shape index (κ3) is 5.44. The highest BCUT2D eigenvalue weighted by molar-refractivity contribution is 5.81. The maximum atomic E-state index is 12.7. The molecule has 3 rings (SSSR count). The molecule has 2 aromatic carbocycles. The summed E-state index contributed by atoms with van der Waals surface area (Å²) in [6.45, 7) is 5.53. The number of aromatic nitrogens is 2. The minimum atomic E-state index is -0.289. The van der Waals surface area contributed by atoms with Gasteiger partial charge in [0.25, 0.3) is 0 Å². The van der Waals surface area contributed by atoms with E-state index in [0.29, 0.717) is 5.82 Å². The van der Waals surface area contributed by atoms with Gasteiger partial charge in [-0.15, -0.1) is 0 Å². The highest BCUT2D eigenvalue weighted by Crippen LogP contribution is 2.20. The number of hydrogen-bond donors (Lipinski definition) is 2. The molecule has 2 N–H and O–H groups in total.